The van der Waals surface area contributed by atoms with Crippen LogP contribution in [0.5, 0.6) is 5.75 Å². The van der Waals surface area contributed by atoms with Crippen LogP contribution in [0.15, 0.2) is 22.7 Å². The molecule has 0 bridgehead atoms. The van der Waals surface area contributed by atoms with Crippen molar-refractivity contribution in [1.29, 1.82) is 0 Å². The highest BCUT2D eigenvalue weighted by atomic mass is 79.9. The summed E-state index contributed by atoms with van der Waals surface area (Å²) in [5, 5.41) is 3.32. The lowest BCUT2D eigenvalue weighted by atomic mass is 10.1. The molecule has 0 saturated carbocycles. The van der Waals surface area contributed by atoms with E-state index in [0.29, 0.717) is 11.6 Å². The SMILES string of the molecule is COc1ccc(C(=O)N2CCNC(C)C2)cc1Br.Cl. The number of methoxy groups -OCH3 is 1. The van der Waals surface area contributed by atoms with Crippen LogP contribution in [0, 0.1) is 0 Å². The Balaban J connectivity index is 0.00000180. The smallest absolute Gasteiger partial charge is 0.253 e. The molecule has 6 heteroatoms. The van der Waals surface area contributed by atoms with Crippen LogP contribution < -0.4 is 10.1 Å². The number of nitrogens with one attached hydrogen (secondary N) is 1. The molecule has 1 aliphatic rings. The molecule has 19 heavy (non-hydrogen) atoms. The zero-order valence-electron chi connectivity index (χ0n) is 11.0. The summed E-state index contributed by atoms with van der Waals surface area (Å²) >= 11 is 3.40. The van der Waals surface area contributed by atoms with Crippen molar-refractivity contribution in [1.82, 2.24) is 10.2 Å². The average molecular weight is 350 g/mol. The lowest BCUT2D eigenvalue weighted by molar-refractivity contribution is 0.0709. The maximum absolute atomic E-state index is 12.3. The minimum atomic E-state index is 0. The summed E-state index contributed by atoms with van der Waals surface area (Å²) in [4.78, 5) is 14.2. The van der Waals surface area contributed by atoms with Gasteiger partial charge in [-0.15, -0.1) is 12.4 Å². The summed E-state index contributed by atoms with van der Waals surface area (Å²) < 4.78 is 5.97. The molecular formula is C13H18BrClN2O2. The number of rotatable bonds is 2. The molecule has 1 unspecified atom stereocenters. The Morgan fingerprint density at radius 3 is 2.84 bits per heavy atom. The Hall–Kier alpha value is -0.780. The predicted octanol–water partition coefficient (Wildman–Crippen LogP) is 2.31. The fourth-order valence-electron chi connectivity index (χ4n) is 2.10. The van der Waals surface area contributed by atoms with E-state index >= 15 is 0 Å². The number of carbonyl (C=O) groups excluding carboxylic acids is 1. The van der Waals surface area contributed by atoms with Gasteiger partial charge in [-0.1, -0.05) is 0 Å². The van der Waals surface area contributed by atoms with Crippen LogP contribution in [0.3, 0.4) is 0 Å². The van der Waals surface area contributed by atoms with Gasteiger partial charge in [0, 0.05) is 31.2 Å². The Morgan fingerprint density at radius 2 is 2.26 bits per heavy atom. The van der Waals surface area contributed by atoms with Crippen molar-refractivity contribution in [2.75, 3.05) is 26.7 Å². The summed E-state index contributed by atoms with van der Waals surface area (Å²) in [5.41, 5.74) is 0.691. The second-order valence-electron chi connectivity index (χ2n) is 4.46. The number of halogens is 2. The minimum Gasteiger partial charge on any atom is -0.496 e. The molecule has 1 fully saturated rings. The standard InChI is InChI=1S/C13H17BrN2O2.ClH/c1-9-8-16(6-5-15-9)13(17)10-3-4-12(18-2)11(14)7-10;/h3-4,7,9,15H,5-6,8H2,1-2H3;1H. The Labute approximate surface area is 128 Å². The first-order chi connectivity index (χ1) is 8.61. The molecule has 1 saturated heterocycles. The molecule has 1 N–H and O–H groups in total. The maximum atomic E-state index is 12.3. The molecule has 0 spiro atoms. The molecule has 2 rings (SSSR count). The molecule has 1 amide bonds. The second-order valence-corrected chi connectivity index (χ2v) is 5.31. The maximum Gasteiger partial charge on any atom is 0.253 e. The number of hydrogen-bond donors (Lipinski definition) is 1. The highest BCUT2D eigenvalue weighted by Crippen LogP contribution is 2.26. The molecule has 0 aliphatic carbocycles. The molecule has 1 aliphatic heterocycles. The van der Waals surface area contributed by atoms with Crippen LogP contribution in [-0.4, -0.2) is 43.6 Å². The first-order valence-electron chi connectivity index (χ1n) is 5.98. The number of benzene rings is 1. The second kappa shape index (κ2) is 7.12. The van der Waals surface area contributed by atoms with Gasteiger partial charge >= 0.3 is 0 Å². The summed E-state index contributed by atoms with van der Waals surface area (Å²) in [6.07, 6.45) is 0. The molecule has 0 aromatic heterocycles. The van der Waals surface area contributed by atoms with E-state index in [2.05, 4.69) is 28.2 Å². The van der Waals surface area contributed by atoms with Crippen LogP contribution in [0.2, 0.25) is 0 Å². The van der Waals surface area contributed by atoms with E-state index in [-0.39, 0.29) is 18.3 Å². The zero-order valence-corrected chi connectivity index (χ0v) is 13.4. The molecule has 0 radical (unpaired) electrons. The Morgan fingerprint density at radius 1 is 1.53 bits per heavy atom. The third kappa shape index (κ3) is 3.84. The summed E-state index contributed by atoms with van der Waals surface area (Å²) in [7, 11) is 1.61. The van der Waals surface area contributed by atoms with Crippen LogP contribution in [0.1, 0.15) is 17.3 Å². The van der Waals surface area contributed by atoms with Gasteiger partial charge in [0.05, 0.1) is 11.6 Å². The number of nitrogens with zero attached hydrogens (tertiary/aromatic N) is 1. The van der Waals surface area contributed by atoms with E-state index in [1.54, 1.807) is 13.2 Å². The van der Waals surface area contributed by atoms with Crippen molar-refractivity contribution in [2.45, 2.75) is 13.0 Å². The van der Waals surface area contributed by atoms with Gasteiger partial charge in [0.1, 0.15) is 5.75 Å². The minimum absolute atomic E-state index is 0. The van der Waals surface area contributed by atoms with Crippen molar-refractivity contribution in [2.24, 2.45) is 0 Å². The van der Waals surface area contributed by atoms with Crippen LogP contribution >= 0.6 is 28.3 Å². The van der Waals surface area contributed by atoms with E-state index < -0.39 is 0 Å². The largest absolute Gasteiger partial charge is 0.496 e. The fraction of sp³-hybridized carbons (Fsp3) is 0.462. The van der Waals surface area contributed by atoms with Crippen molar-refractivity contribution >= 4 is 34.2 Å². The molecular weight excluding hydrogens is 332 g/mol. The number of piperazine rings is 1. The molecule has 1 aromatic rings. The van der Waals surface area contributed by atoms with Gasteiger partial charge in [-0.25, -0.2) is 0 Å². The Bertz CT molecular complexity index is 456. The van der Waals surface area contributed by atoms with Crippen LogP contribution in [0.4, 0.5) is 0 Å². The summed E-state index contributed by atoms with van der Waals surface area (Å²) in [6, 6.07) is 5.78. The van der Waals surface area contributed by atoms with Crippen molar-refractivity contribution in [3.05, 3.63) is 28.2 Å². The molecule has 106 valence electrons. The van der Waals surface area contributed by atoms with Crippen molar-refractivity contribution in [3.8, 4) is 5.75 Å². The fourth-order valence-corrected chi connectivity index (χ4v) is 2.64. The summed E-state index contributed by atoms with van der Waals surface area (Å²) in [5.74, 6) is 0.812. The number of amides is 1. The average Bonchev–Trinajstić information content (AvgIpc) is 2.37. The third-order valence-electron chi connectivity index (χ3n) is 3.05. The van der Waals surface area contributed by atoms with Gasteiger partial charge in [-0.05, 0) is 41.1 Å². The Kier molecular flexibility index (Phi) is 6.10. The molecule has 1 atom stereocenters. The van der Waals surface area contributed by atoms with E-state index in [9.17, 15) is 4.79 Å². The highest BCUT2D eigenvalue weighted by molar-refractivity contribution is 9.10. The van der Waals surface area contributed by atoms with Gasteiger partial charge in [0.25, 0.3) is 5.91 Å². The van der Waals surface area contributed by atoms with Gasteiger partial charge in [0.15, 0.2) is 0 Å². The predicted molar refractivity (Wildman–Crippen MR) is 81.3 cm³/mol. The topological polar surface area (TPSA) is 41.6 Å². The number of carbonyl (C=O) groups is 1. The zero-order chi connectivity index (χ0) is 13.1. The summed E-state index contributed by atoms with van der Waals surface area (Å²) in [6.45, 7) is 4.45. The van der Waals surface area contributed by atoms with Gasteiger partial charge in [-0.2, -0.15) is 0 Å². The molecule has 1 aromatic carbocycles. The van der Waals surface area contributed by atoms with Crippen molar-refractivity contribution < 1.29 is 9.53 Å². The van der Waals surface area contributed by atoms with Gasteiger partial charge < -0.3 is 15.0 Å². The van der Waals surface area contributed by atoms with E-state index in [4.69, 9.17) is 4.74 Å². The lowest BCUT2D eigenvalue weighted by Crippen LogP contribution is -2.51. The van der Waals surface area contributed by atoms with Gasteiger partial charge in [-0.3, -0.25) is 4.79 Å². The highest BCUT2D eigenvalue weighted by Gasteiger charge is 2.22. The number of hydrogen-bond acceptors (Lipinski definition) is 3. The number of ether oxygens (including phenoxy) is 1. The van der Waals surface area contributed by atoms with Gasteiger partial charge in [0.2, 0.25) is 0 Å². The third-order valence-corrected chi connectivity index (χ3v) is 3.67. The van der Waals surface area contributed by atoms with Crippen LogP contribution in [-0.2, 0) is 0 Å². The first-order valence-corrected chi connectivity index (χ1v) is 6.77. The van der Waals surface area contributed by atoms with Crippen LogP contribution in [0.25, 0.3) is 0 Å². The van der Waals surface area contributed by atoms with E-state index in [0.717, 1.165) is 29.9 Å². The normalized spacial score (nSPS) is 18.7. The van der Waals surface area contributed by atoms with Crippen molar-refractivity contribution in [3.63, 3.8) is 0 Å². The molecule has 1 heterocycles. The molecule has 4 nitrogen and oxygen atoms in total. The van der Waals surface area contributed by atoms with E-state index in [1.165, 1.54) is 0 Å². The lowest BCUT2D eigenvalue weighted by Gasteiger charge is -2.32. The van der Waals surface area contributed by atoms with E-state index in [1.807, 2.05) is 17.0 Å². The quantitative estimate of drug-likeness (QED) is 0.891. The monoisotopic (exact) mass is 348 g/mol. The first kappa shape index (κ1) is 16.3.